The van der Waals surface area contributed by atoms with Crippen molar-refractivity contribution in [3.8, 4) is 0 Å². The molecule has 1 amide bonds. The lowest BCUT2D eigenvalue weighted by atomic mass is 9.78. The van der Waals surface area contributed by atoms with Crippen LogP contribution in [0.25, 0.3) is 0 Å². The third kappa shape index (κ3) is 2.29. The molecule has 16 heavy (non-hydrogen) atoms. The van der Waals surface area contributed by atoms with Gasteiger partial charge in [-0.3, -0.25) is 4.79 Å². The van der Waals surface area contributed by atoms with Gasteiger partial charge in [0.25, 0.3) is 5.91 Å². The maximum absolute atomic E-state index is 12.0. The van der Waals surface area contributed by atoms with Gasteiger partial charge in [0.2, 0.25) is 0 Å². The van der Waals surface area contributed by atoms with Crippen molar-refractivity contribution < 1.29 is 4.79 Å². The van der Waals surface area contributed by atoms with E-state index < -0.39 is 0 Å². The molecular formula is C13H16BrNO. The van der Waals surface area contributed by atoms with Gasteiger partial charge in [0, 0.05) is 15.6 Å². The van der Waals surface area contributed by atoms with E-state index in [1.807, 2.05) is 25.1 Å². The number of hydrogen-bond donors (Lipinski definition) is 1. The Bertz CT molecular complexity index is 424. The van der Waals surface area contributed by atoms with Gasteiger partial charge in [-0.25, -0.2) is 0 Å². The van der Waals surface area contributed by atoms with E-state index >= 15 is 0 Å². The van der Waals surface area contributed by atoms with E-state index in [9.17, 15) is 4.79 Å². The number of carbonyl (C=O) groups is 1. The lowest BCUT2D eigenvalue weighted by Crippen LogP contribution is -2.50. The molecular weight excluding hydrogens is 266 g/mol. The fourth-order valence-corrected chi connectivity index (χ4v) is 2.21. The third-order valence-corrected chi connectivity index (χ3v) is 4.18. The van der Waals surface area contributed by atoms with Crippen LogP contribution in [0, 0.1) is 6.92 Å². The first-order valence-electron chi connectivity index (χ1n) is 5.59. The first-order chi connectivity index (χ1) is 7.50. The minimum atomic E-state index is 0.0259. The number of rotatable bonds is 2. The number of hydrogen-bond acceptors (Lipinski definition) is 1. The van der Waals surface area contributed by atoms with Crippen molar-refractivity contribution in [2.24, 2.45) is 0 Å². The SMILES string of the molecule is Cc1cc(C(=O)NC2(C)CCC2)ccc1Br. The van der Waals surface area contributed by atoms with Gasteiger partial charge in [-0.15, -0.1) is 0 Å². The van der Waals surface area contributed by atoms with Crippen LogP contribution >= 0.6 is 15.9 Å². The third-order valence-electron chi connectivity index (χ3n) is 3.29. The first-order valence-corrected chi connectivity index (χ1v) is 6.38. The quantitative estimate of drug-likeness (QED) is 0.884. The predicted octanol–water partition coefficient (Wildman–Crippen LogP) is 3.43. The normalized spacial score (nSPS) is 17.7. The summed E-state index contributed by atoms with van der Waals surface area (Å²) in [6.07, 6.45) is 3.40. The van der Waals surface area contributed by atoms with E-state index in [1.54, 1.807) is 0 Å². The summed E-state index contributed by atoms with van der Waals surface area (Å²) in [5.74, 6) is 0.0396. The summed E-state index contributed by atoms with van der Waals surface area (Å²) in [6, 6.07) is 5.70. The van der Waals surface area contributed by atoms with E-state index in [1.165, 1.54) is 6.42 Å². The minimum Gasteiger partial charge on any atom is -0.347 e. The maximum Gasteiger partial charge on any atom is 0.251 e. The highest BCUT2D eigenvalue weighted by molar-refractivity contribution is 9.10. The van der Waals surface area contributed by atoms with Crippen molar-refractivity contribution >= 4 is 21.8 Å². The highest BCUT2D eigenvalue weighted by Gasteiger charge is 2.33. The highest BCUT2D eigenvalue weighted by atomic mass is 79.9. The van der Waals surface area contributed by atoms with E-state index in [0.717, 1.165) is 28.4 Å². The summed E-state index contributed by atoms with van der Waals surface area (Å²) < 4.78 is 1.04. The van der Waals surface area contributed by atoms with Crippen LogP contribution in [-0.2, 0) is 0 Å². The largest absolute Gasteiger partial charge is 0.347 e. The van der Waals surface area contributed by atoms with Crippen molar-refractivity contribution in [1.82, 2.24) is 5.32 Å². The highest BCUT2D eigenvalue weighted by Crippen LogP contribution is 2.31. The number of halogens is 1. The van der Waals surface area contributed by atoms with Crippen molar-refractivity contribution in [3.63, 3.8) is 0 Å². The molecule has 1 aromatic carbocycles. The van der Waals surface area contributed by atoms with Crippen molar-refractivity contribution in [3.05, 3.63) is 33.8 Å². The smallest absolute Gasteiger partial charge is 0.251 e. The van der Waals surface area contributed by atoms with Crippen LogP contribution in [0.1, 0.15) is 42.1 Å². The molecule has 1 aliphatic rings. The molecule has 86 valence electrons. The Kier molecular flexibility index (Phi) is 3.06. The number of amides is 1. The molecule has 0 heterocycles. The van der Waals surface area contributed by atoms with Gasteiger partial charge >= 0.3 is 0 Å². The molecule has 1 saturated carbocycles. The second kappa shape index (κ2) is 4.21. The molecule has 1 aromatic rings. The summed E-state index contributed by atoms with van der Waals surface area (Å²) >= 11 is 3.43. The zero-order valence-electron chi connectivity index (χ0n) is 9.64. The summed E-state index contributed by atoms with van der Waals surface area (Å²) in [5.41, 5.74) is 1.86. The van der Waals surface area contributed by atoms with Crippen LogP contribution in [0.5, 0.6) is 0 Å². The van der Waals surface area contributed by atoms with Gasteiger partial charge < -0.3 is 5.32 Å². The van der Waals surface area contributed by atoms with E-state index in [4.69, 9.17) is 0 Å². The monoisotopic (exact) mass is 281 g/mol. The standard InChI is InChI=1S/C13H16BrNO/c1-9-8-10(4-5-11(9)14)12(16)15-13(2)6-3-7-13/h4-5,8H,3,6-7H2,1-2H3,(H,15,16). The Morgan fingerprint density at radius 3 is 2.62 bits per heavy atom. The topological polar surface area (TPSA) is 29.1 Å². The van der Waals surface area contributed by atoms with Crippen LogP contribution in [-0.4, -0.2) is 11.4 Å². The second-order valence-corrected chi connectivity index (χ2v) is 5.69. The molecule has 1 aliphatic carbocycles. The molecule has 0 unspecified atom stereocenters. The van der Waals surface area contributed by atoms with Crippen molar-refractivity contribution in [2.75, 3.05) is 0 Å². The molecule has 2 rings (SSSR count). The van der Waals surface area contributed by atoms with Crippen LogP contribution in [0.3, 0.4) is 0 Å². The van der Waals surface area contributed by atoms with Gasteiger partial charge in [-0.2, -0.15) is 0 Å². The number of nitrogens with one attached hydrogen (secondary N) is 1. The number of carbonyl (C=O) groups excluding carboxylic acids is 1. The molecule has 0 saturated heterocycles. The Hall–Kier alpha value is -0.830. The van der Waals surface area contributed by atoms with Gasteiger partial charge in [0.05, 0.1) is 0 Å². The molecule has 0 aromatic heterocycles. The minimum absolute atomic E-state index is 0.0259. The predicted molar refractivity (Wildman–Crippen MR) is 68.6 cm³/mol. The van der Waals surface area contributed by atoms with Gasteiger partial charge in [0.1, 0.15) is 0 Å². The zero-order valence-corrected chi connectivity index (χ0v) is 11.2. The molecule has 0 spiro atoms. The lowest BCUT2D eigenvalue weighted by molar-refractivity contribution is 0.0850. The molecule has 3 heteroatoms. The summed E-state index contributed by atoms with van der Waals surface area (Å²) in [4.78, 5) is 12.0. The molecule has 0 bridgehead atoms. The van der Waals surface area contributed by atoms with Crippen LogP contribution in [0.2, 0.25) is 0 Å². The van der Waals surface area contributed by atoms with Crippen LogP contribution in [0.15, 0.2) is 22.7 Å². The Morgan fingerprint density at radius 1 is 1.44 bits per heavy atom. The first kappa shape index (κ1) is 11.6. The molecule has 0 atom stereocenters. The lowest BCUT2D eigenvalue weighted by Gasteiger charge is -2.39. The Labute approximate surface area is 105 Å². The fourth-order valence-electron chi connectivity index (χ4n) is 1.96. The maximum atomic E-state index is 12.0. The van der Waals surface area contributed by atoms with Crippen molar-refractivity contribution in [1.29, 1.82) is 0 Å². The molecule has 0 aliphatic heterocycles. The van der Waals surface area contributed by atoms with E-state index in [0.29, 0.717) is 0 Å². The zero-order chi connectivity index (χ0) is 11.8. The van der Waals surface area contributed by atoms with E-state index in [-0.39, 0.29) is 11.4 Å². The Morgan fingerprint density at radius 2 is 2.12 bits per heavy atom. The number of benzene rings is 1. The number of aryl methyl sites for hydroxylation is 1. The molecule has 0 radical (unpaired) electrons. The summed E-state index contributed by atoms with van der Waals surface area (Å²) in [7, 11) is 0. The average Bonchev–Trinajstić information content (AvgIpc) is 2.19. The average molecular weight is 282 g/mol. The van der Waals surface area contributed by atoms with Crippen LogP contribution < -0.4 is 5.32 Å². The van der Waals surface area contributed by atoms with Crippen LogP contribution in [0.4, 0.5) is 0 Å². The molecule has 2 nitrogen and oxygen atoms in total. The molecule has 1 N–H and O–H groups in total. The molecule has 1 fully saturated rings. The van der Waals surface area contributed by atoms with Gasteiger partial charge in [-0.1, -0.05) is 15.9 Å². The fraction of sp³-hybridized carbons (Fsp3) is 0.462. The van der Waals surface area contributed by atoms with E-state index in [2.05, 4.69) is 28.2 Å². The second-order valence-electron chi connectivity index (χ2n) is 4.83. The van der Waals surface area contributed by atoms with Crippen molar-refractivity contribution in [2.45, 2.75) is 38.6 Å². The summed E-state index contributed by atoms with van der Waals surface area (Å²) in [6.45, 7) is 4.10. The van der Waals surface area contributed by atoms with Gasteiger partial charge in [0.15, 0.2) is 0 Å². The van der Waals surface area contributed by atoms with Gasteiger partial charge in [-0.05, 0) is 56.9 Å². The summed E-state index contributed by atoms with van der Waals surface area (Å²) in [5, 5.41) is 3.10. The Balaban J connectivity index is 2.11.